The van der Waals surface area contributed by atoms with Crippen molar-refractivity contribution < 1.29 is 14.4 Å². The fraction of sp³-hybridized carbons (Fsp3) is 0.385. The second-order valence-electron chi connectivity index (χ2n) is 4.11. The van der Waals surface area contributed by atoms with Crippen molar-refractivity contribution >= 4 is 11.8 Å². The first-order valence-corrected chi connectivity index (χ1v) is 5.91. The molecule has 6 nitrogen and oxygen atoms in total. The van der Waals surface area contributed by atoms with Gasteiger partial charge in [-0.1, -0.05) is 30.3 Å². The predicted molar refractivity (Wildman–Crippen MR) is 70.7 cm³/mol. The molecular formula is C13H19N3O3. The number of nitrogens with zero attached hydrogens (tertiary/aromatic N) is 1. The maximum atomic E-state index is 11.8. The van der Waals surface area contributed by atoms with E-state index in [-0.39, 0.29) is 12.3 Å². The number of nitrogens with two attached hydrogens (primary N) is 1. The molecule has 0 fully saturated rings. The van der Waals surface area contributed by atoms with Gasteiger partial charge in [-0.15, -0.1) is 0 Å². The van der Waals surface area contributed by atoms with Crippen LogP contribution in [0.5, 0.6) is 0 Å². The molecule has 1 atom stereocenters. The summed E-state index contributed by atoms with van der Waals surface area (Å²) in [5.41, 5.74) is 6.22. The van der Waals surface area contributed by atoms with Crippen LogP contribution in [0.3, 0.4) is 0 Å². The molecule has 0 saturated carbocycles. The summed E-state index contributed by atoms with van der Waals surface area (Å²) in [5, 5.41) is 4.00. The summed E-state index contributed by atoms with van der Waals surface area (Å²) in [6.07, 6.45) is -0.0352. The summed E-state index contributed by atoms with van der Waals surface area (Å²) in [7, 11) is 2.97. The second kappa shape index (κ2) is 7.50. The first-order valence-electron chi connectivity index (χ1n) is 5.91. The molecule has 1 aromatic carbocycles. The van der Waals surface area contributed by atoms with Crippen molar-refractivity contribution in [3.05, 3.63) is 35.9 Å². The van der Waals surface area contributed by atoms with Crippen LogP contribution in [-0.4, -0.2) is 37.1 Å². The van der Waals surface area contributed by atoms with Crippen molar-refractivity contribution in [2.75, 3.05) is 14.2 Å². The van der Waals surface area contributed by atoms with Crippen molar-refractivity contribution in [1.82, 2.24) is 10.4 Å². The number of amides is 2. The van der Waals surface area contributed by atoms with Gasteiger partial charge in [0, 0.05) is 13.6 Å². The number of carbonyl (C=O) groups is 2. The summed E-state index contributed by atoms with van der Waals surface area (Å²) in [6, 6.07) is 8.74. The molecule has 2 amide bonds. The lowest BCUT2D eigenvalue weighted by Gasteiger charge is -2.22. The first-order chi connectivity index (χ1) is 9.04. The fourth-order valence-electron chi connectivity index (χ4n) is 1.58. The van der Waals surface area contributed by atoms with Gasteiger partial charge in [0.25, 0.3) is 0 Å². The minimum absolute atomic E-state index is 0.0352. The fourth-order valence-corrected chi connectivity index (χ4v) is 1.58. The Kier molecular flexibility index (Phi) is 5.98. The van der Waals surface area contributed by atoms with E-state index < -0.39 is 11.9 Å². The van der Waals surface area contributed by atoms with E-state index in [0.717, 1.165) is 5.56 Å². The Morgan fingerprint density at radius 3 is 2.53 bits per heavy atom. The van der Waals surface area contributed by atoms with Crippen LogP contribution in [0.2, 0.25) is 0 Å². The summed E-state index contributed by atoms with van der Waals surface area (Å²) in [5.74, 6) is -0.851. The average Bonchev–Trinajstić information content (AvgIpc) is 2.42. The van der Waals surface area contributed by atoms with E-state index in [0.29, 0.717) is 6.54 Å². The monoisotopic (exact) mass is 265 g/mol. The molecule has 3 N–H and O–H groups in total. The molecule has 1 unspecified atom stereocenters. The van der Waals surface area contributed by atoms with Crippen LogP contribution in [0, 0.1) is 0 Å². The van der Waals surface area contributed by atoms with Crippen molar-refractivity contribution in [1.29, 1.82) is 0 Å². The molecule has 0 spiro atoms. The van der Waals surface area contributed by atoms with Gasteiger partial charge < -0.3 is 15.9 Å². The molecule has 1 rings (SSSR count). The van der Waals surface area contributed by atoms with Crippen LogP contribution < -0.4 is 11.1 Å². The average molecular weight is 265 g/mol. The van der Waals surface area contributed by atoms with Crippen LogP contribution in [0.25, 0.3) is 0 Å². The molecule has 6 heteroatoms. The minimum atomic E-state index is -0.777. The van der Waals surface area contributed by atoms with Gasteiger partial charge >= 0.3 is 0 Å². The van der Waals surface area contributed by atoms with Gasteiger partial charge in [-0.2, -0.15) is 5.06 Å². The van der Waals surface area contributed by atoms with E-state index >= 15 is 0 Å². The van der Waals surface area contributed by atoms with E-state index in [2.05, 4.69) is 5.32 Å². The number of benzene rings is 1. The van der Waals surface area contributed by atoms with Gasteiger partial charge in [0.05, 0.1) is 13.5 Å². The smallest absolute Gasteiger partial charge is 0.237 e. The lowest BCUT2D eigenvalue weighted by molar-refractivity contribution is -0.162. The Morgan fingerprint density at radius 2 is 2.00 bits per heavy atom. The molecule has 1 aromatic rings. The van der Waals surface area contributed by atoms with Crippen molar-refractivity contribution in [3.63, 3.8) is 0 Å². The largest absolute Gasteiger partial charge is 0.368 e. The van der Waals surface area contributed by atoms with Gasteiger partial charge in [0.1, 0.15) is 6.04 Å². The first kappa shape index (κ1) is 15.1. The zero-order valence-electron chi connectivity index (χ0n) is 11.1. The summed E-state index contributed by atoms with van der Waals surface area (Å²) in [6.45, 7) is 0.419. The van der Waals surface area contributed by atoms with Crippen LogP contribution >= 0.6 is 0 Å². The third-order valence-electron chi connectivity index (χ3n) is 2.77. The molecule has 0 saturated heterocycles. The highest BCUT2D eigenvalue weighted by atomic mass is 16.7. The number of primary amides is 1. The quantitative estimate of drug-likeness (QED) is 0.682. The lowest BCUT2D eigenvalue weighted by atomic mass is 10.1. The molecule has 0 aliphatic rings. The van der Waals surface area contributed by atoms with E-state index in [1.165, 1.54) is 12.2 Å². The summed E-state index contributed by atoms with van der Waals surface area (Å²) >= 11 is 0. The number of hydroxylamine groups is 2. The van der Waals surface area contributed by atoms with Crippen molar-refractivity contribution in [3.8, 4) is 0 Å². The van der Waals surface area contributed by atoms with E-state index in [1.54, 1.807) is 7.05 Å². The standard InChI is InChI=1S/C13H19N3O3/c1-16(19-2)11(13(14)18)8-12(17)15-9-10-6-4-3-5-7-10/h3-7,11H,8-9H2,1-2H3,(H2,14,18)(H,15,17). The third-order valence-corrected chi connectivity index (χ3v) is 2.77. The molecule has 0 aliphatic heterocycles. The molecule has 19 heavy (non-hydrogen) atoms. The predicted octanol–water partition coefficient (Wildman–Crippen LogP) is 0.0400. The Morgan fingerprint density at radius 1 is 1.37 bits per heavy atom. The molecule has 0 aliphatic carbocycles. The normalized spacial score (nSPS) is 12.2. The molecule has 0 aromatic heterocycles. The zero-order valence-corrected chi connectivity index (χ0v) is 11.1. The summed E-state index contributed by atoms with van der Waals surface area (Å²) < 4.78 is 0. The number of hydrogen-bond acceptors (Lipinski definition) is 4. The van der Waals surface area contributed by atoms with Crippen molar-refractivity contribution in [2.45, 2.75) is 19.0 Å². The number of hydrogen-bond donors (Lipinski definition) is 2. The van der Waals surface area contributed by atoms with Gasteiger partial charge in [-0.25, -0.2) is 0 Å². The number of rotatable bonds is 7. The molecule has 0 bridgehead atoms. The Labute approximate surface area is 112 Å². The van der Waals surface area contributed by atoms with Crippen LogP contribution in [0.4, 0.5) is 0 Å². The Hall–Kier alpha value is -1.92. The van der Waals surface area contributed by atoms with E-state index in [1.807, 2.05) is 30.3 Å². The third kappa shape index (κ3) is 5.07. The van der Waals surface area contributed by atoms with Crippen LogP contribution in [0.1, 0.15) is 12.0 Å². The van der Waals surface area contributed by atoms with Crippen molar-refractivity contribution in [2.24, 2.45) is 5.73 Å². The highest BCUT2D eigenvalue weighted by molar-refractivity contribution is 5.87. The van der Waals surface area contributed by atoms with Crippen LogP contribution in [0.15, 0.2) is 30.3 Å². The van der Waals surface area contributed by atoms with Gasteiger partial charge in [0.15, 0.2) is 0 Å². The Balaban J connectivity index is 2.47. The lowest BCUT2D eigenvalue weighted by Crippen LogP contribution is -2.45. The maximum absolute atomic E-state index is 11.8. The topological polar surface area (TPSA) is 84.7 Å². The number of carbonyl (C=O) groups excluding carboxylic acids is 2. The highest BCUT2D eigenvalue weighted by Crippen LogP contribution is 2.03. The maximum Gasteiger partial charge on any atom is 0.237 e. The number of likely N-dealkylation sites (N-methyl/N-ethyl adjacent to an activating group) is 1. The molecule has 104 valence electrons. The zero-order chi connectivity index (χ0) is 14.3. The SMILES string of the molecule is CON(C)C(CC(=O)NCc1ccccc1)C(N)=O. The van der Waals surface area contributed by atoms with E-state index in [4.69, 9.17) is 10.6 Å². The molecule has 0 radical (unpaired) electrons. The van der Waals surface area contributed by atoms with E-state index in [9.17, 15) is 9.59 Å². The molecule has 0 heterocycles. The highest BCUT2D eigenvalue weighted by Gasteiger charge is 2.24. The Bertz CT molecular complexity index is 422. The van der Waals surface area contributed by atoms with Gasteiger partial charge in [0.2, 0.25) is 11.8 Å². The van der Waals surface area contributed by atoms with Crippen LogP contribution in [-0.2, 0) is 21.0 Å². The van der Waals surface area contributed by atoms with Gasteiger partial charge in [-0.3, -0.25) is 9.59 Å². The second-order valence-corrected chi connectivity index (χ2v) is 4.11. The number of nitrogens with one attached hydrogen (secondary N) is 1. The summed E-state index contributed by atoms with van der Waals surface area (Å²) in [4.78, 5) is 27.9. The van der Waals surface area contributed by atoms with Gasteiger partial charge in [-0.05, 0) is 5.56 Å². The minimum Gasteiger partial charge on any atom is -0.368 e. The molecular weight excluding hydrogens is 246 g/mol.